The summed E-state index contributed by atoms with van der Waals surface area (Å²) in [5.41, 5.74) is 0. The van der Waals surface area contributed by atoms with Gasteiger partial charge < -0.3 is 4.74 Å². The molecule has 0 bridgehead atoms. The molecule has 1 rings (SSSR count). The molecule has 1 heteroatoms. The lowest BCUT2D eigenvalue weighted by atomic mass is 9.61. The van der Waals surface area contributed by atoms with Crippen LogP contribution in [-0.2, 0) is 4.74 Å². The van der Waals surface area contributed by atoms with Crippen LogP contribution in [0.3, 0.4) is 0 Å². The molecule has 0 spiro atoms. The maximum Gasteiger partial charge on any atom is 0.0462 e. The van der Waals surface area contributed by atoms with Gasteiger partial charge in [-0.2, -0.15) is 0 Å². The van der Waals surface area contributed by atoms with Crippen LogP contribution in [0.25, 0.3) is 0 Å². The lowest BCUT2D eigenvalue weighted by Gasteiger charge is -2.44. The third-order valence-corrected chi connectivity index (χ3v) is 10.3. The zero-order chi connectivity index (χ0) is 28.2. The number of hydrogen-bond acceptors (Lipinski definition) is 1. The molecule has 0 aromatic rings. The Morgan fingerprint density at radius 3 is 1.05 bits per heavy atom. The Hall–Kier alpha value is -0.0400. The monoisotopic (exact) mass is 549 g/mol. The zero-order valence-corrected chi connectivity index (χ0v) is 27.9. The SMILES string of the molecule is CCCCCCCCCC1C(CCCCCCC)CCC(CCCCCCC)C1CCCCCCCCOC. The minimum absolute atomic E-state index is 0.947. The van der Waals surface area contributed by atoms with Crippen LogP contribution in [-0.4, -0.2) is 13.7 Å². The Balaban J connectivity index is 2.70. The van der Waals surface area contributed by atoms with Gasteiger partial charge in [0.25, 0.3) is 0 Å². The highest BCUT2D eigenvalue weighted by Crippen LogP contribution is 2.47. The summed E-state index contributed by atoms with van der Waals surface area (Å²) in [6.45, 7) is 7.99. The summed E-state index contributed by atoms with van der Waals surface area (Å²) < 4.78 is 5.25. The average Bonchev–Trinajstić information content (AvgIpc) is 2.95. The van der Waals surface area contributed by atoms with E-state index in [2.05, 4.69) is 20.8 Å². The van der Waals surface area contributed by atoms with Crippen molar-refractivity contribution in [2.24, 2.45) is 23.7 Å². The minimum Gasteiger partial charge on any atom is -0.385 e. The fraction of sp³-hybridized carbons (Fsp3) is 1.00. The van der Waals surface area contributed by atoms with Crippen LogP contribution < -0.4 is 0 Å². The molecule has 1 saturated carbocycles. The highest BCUT2D eigenvalue weighted by Gasteiger charge is 2.37. The lowest BCUT2D eigenvalue weighted by Crippen LogP contribution is -2.35. The molecule has 39 heavy (non-hydrogen) atoms. The van der Waals surface area contributed by atoms with Gasteiger partial charge in [0.2, 0.25) is 0 Å². The molecule has 0 saturated heterocycles. The van der Waals surface area contributed by atoms with E-state index in [1.807, 2.05) is 7.11 Å². The first-order chi connectivity index (χ1) is 19.3. The van der Waals surface area contributed by atoms with Crippen LogP contribution in [0.5, 0.6) is 0 Å². The molecular weight excluding hydrogens is 472 g/mol. The number of unbranched alkanes of at least 4 members (excludes halogenated alkanes) is 19. The molecule has 0 aromatic carbocycles. The lowest BCUT2D eigenvalue weighted by molar-refractivity contribution is 0.0581. The molecule has 234 valence electrons. The van der Waals surface area contributed by atoms with E-state index < -0.39 is 0 Å². The van der Waals surface area contributed by atoms with Crippen molar-refractivity contribution in [2.45, 2.75) is 207 Å². The van der Waals surface area contributed by atoms with Crippen LogP contribution in [0.4, 0.5) is 0 Å². The highest BCUT2D eigenvalue weighted by molar-refractivity contribution is 4.88. The van der Waals surface area contributed by atoms with Crippen LogP contribution in [0.15, 0.2) is 0 Å². The molecule has 4 unspecified atom stereocenters. The van der Waals surface area contributed by atoms with Crippen molar-refractivity contribution in [3.63, 3.8) is 0 Å². The molecule has 0 amide bonds. The van der Waals surface area contributed by atoms with E-state index in [1.54, 1.807) is 38.5 Å². The van der Waals surface area contributed by atoms with Crippen molar-refractivity contribution >= 4 is 0 Å². The average molecular weight is 549 g/mol. The van der Waals surface area contributed by atoms with Gasteiger partial charge in [-0.1, -0.05) is 175 Å². The summed E-state index contributed by atoms with van der Waals surface area (Å²) in [5.74, 6) is 4.17. The Labute approximate surface area is 248 Å². The molecule has 0 radical (unpaired) electrons. The molecule has 1 nitrogen and oxygen atoms in total. The first kappa shape index (κ1) is 37.0. The minimum atomic E-state index is 0.947. The van der Waals surface area contributed by atoms with E-state index in [-0.39, 0.29) is 0 Å². The van der Waals surface area contributed by atoms with Crippen LogP contribution in [0.1, 0.15) is 207 Å². The van der Waals surface area contributed by atoms with E-state index in [1.165, 1.54) is 148 Å². The molecule has 0 aromatic heterocycles. The predicted octanol–water partition coefficient (Wildman–Crippen LogP) is 13.5. The van der Waals surface area contributed by atoms with E-state index in [0.29, 0.717) is 0 Å². The smallest absolute Gasteiger partial charge is 0.0462 e. The van der Waals surface area contributed by atoms with Crippen LogP contribution >= 0.6 is 0 Å². The fourth-order valence-electron chi connectivity index (χ4n) is 7.86. The van der Waals surface area contributed by atoms with Crippen molar-refractivity contribution in [1.82, 2.24) is 0 Å². The molecule has 4 atom stereocenters. The third-order valence-electron chi connectivity index (χ3n) is 10.3. The van der Waals surface area contributed by atoms with Crippen molar-refractivity contribution in [2.75, 3.05) is 13.7 Å². The van der Waals surface area contributed by atoms with Crippen LogP contribution in [0.2, 0.25) is 0 Å². The van der Waals surface area contributed by atoms with E-state index in [4.69, 9.17) is 4.74 Å². The molecule has 1 aliphatic rings. The standard InChI is InChI=1S/C38H76O/c1-5-8-11-14-15-20-25-30-37-35(28-23-18-12-9-6-2)32-33-36(29-24-19-13-10-7-3)38(37)31-26-21-16-17-22-27-34-39-4/h35-38H,5-34H2,1-4H3. The van der Waals surface area contributed by atoms with Gasteiger partial charge in [0.1, 0.15) is 0 Å². The summed E-state index contributed by atoms with van der Waals surface area (Å²) >= 11 is 0. The molecule has 0 heterocycles. The van der Waals surface area contributed by atoms with E-state index >= 15 is 0 Å². The summed E-state index contributed by atoms with van der Waals surface area (Å²) in [7, 11) is 1.84. The Morgan fingerprint density at radius 1 is 0.385 bits per heavy atom. The van der Waals surface area contributed by atoms with Crippen molar-refractivity contribution in [3.8, 4) is 0 Å². The predicted molar refractivity (Wildman–Crippen MR) is 177 cm³/mol. The summed E-state index contributed by atoms with van der Waals surface area (Å²) in [4.78, 5) is 0. The van der Waals surface area contributed by atoms with Gasteiger partial charge >= 0.3 is 0 Å². The van der Waals surface area contributed by atoms with Crippen molar-refractivity contribution < 1.29 is 4.74 Å². The Morgan fingerprint density at radius 2 is 0.692 bits per heavy atom. The second-order valence-electron chi connectivity index (χ2n) is 13.6. The number of methoxy groups -OCH3 is 1. The molecule has 1 fully saturated rings. The number of rotatable bonds is 29. The quantitative estimate of drug-likeness (QED) is 0.0844. The van der Waals surface area contributed by atoms with Crippen molar-refractivity contribution in [3.05, 3.63) is 0 Å². The van der Waals surface area contributed by atoms with Crippen molar-refractivity contribution in [1.29, 1.82) is 0 Å². The number of hydrogen-bond donors (Lipinski definition) is 0. The van der Waals surface area contributed by atoms with Gasteiger partial charge in [-0.15, -0.1) is 0 Å². The summed E-state index contributed by atoms with van der Waals surface area (Å²) in [6, 6.07) is 0. The second kappa shape index (κ2) is 28.1. The van der Waals surface area contributed by atoms with E-state index in [9.17, 15) is 0 Å². The fourth-order valence-corrected chi connectivity index (χ4v) is 7.86. The summed E-state index contributed by atoms with van der Waals surface area (Å²) in [5, 5.41) is 0. The highest BCUT2D eigenvalue weighted by atomic mass is 16.5. The topological polar surface area (TPSA) is 9.23 Å². The van der Waals surface area contributed by atoms with Gasteiger partial charge in [0, 0.05) is 13.7 Å². The zero-order valence-electron chi connectivity index (χ0n) is 27.9. The van der Waals surface area contributed by atoms with Gasteiger partial charge in [-0.05, 0) is 55.8 Å². The Kier molecular flexibility index (Phi) is 26.6. The van der Waals surface area contributed by atoms with Gasteiger partial charge in [-0.25, -0.2) is 0 Å². The maximum absolute atomic E-state index is 5.25. The molecule has 0 aliphatic heterocycles. The van der Waals surface area contributed by atoms with Crippen LogP contribution in [0, 0.1) is 23.7 Å². The van der Waals surface area contributed by atoms with Gasteiger partial charge in [0.15, 0.2) is 0 Å². The van der Waals surface area contributed by atoms with Gasteiger partial charge in [-0.3, -0.25) is 0 Å². The summed E-state index contributed by atoms with van der Waals surface area (Å²) in [6.07, 6.45) is 42.6. The van der Waals surface area contributed by atoms with E-state index in [0.717, 1.165) is 30.3 Å². The molecule has 0 N–H and O–H groups in total. The van der Waals surface area contributed by atoms with Gasteiger partial charge in [0.05, 0.1) is 0 Å². The molecule has 1 aliphatic carbocycles. The maximum atomic E-state index is 5.25. The number of ether oxygens (including phenoxy) is 1. The first-order valence-corrected chi connectivity index (χ1v) is 18.8. The first-order valence-electron chi connectivity index (χ1n) is 18.8. The largest absolute Gasteiger partial charge is 0.385 e. The second-order valence-corrected chi connectivity index (χ2v) is 13.6. The Bertz CT molecular complexity index is 473. The normalized spacial score (nSPS) is 21.5. The third kappa shape index (κ3) is 19.7. The molecular formula is C38H76O.